The summed E-state index contributed by atoms with van der Waals surface area (Å²) in [6.07, 6.45) is 4.41. The maximum absolute atomic E-state index is 5.87. The zero-order valence-corrected chi connectivity index (χ0v) is 11.9. The Bertz CT molecular complexity index is 775. The monoisotopic (exact) mass is 279 g/mol. The van der Waals surface area contributed by atoms with E-state index in [1.54, 1.807) is 4.68 Å². The van der Waals surface area contributed by atoms with Crippen molar-refractivity contribution in [1.29, 1.82) is 0 Å². The molecule has 1 saturated carbocycles. The Kier molecular flexibility index (Phi) is 2.60. The molecule has 0 atom stereocenters. The second-order valence-corrected chi connectivity index (χ2v) is 5.57. The number of rotatable bonds is 3. The van der Waals surface area contributed by atoms with E-state index < -0.39 is 0 Å². The Balaban J connectivity index is 1.77. The number of benzene rings is 1. The first kappa shape index (κ1) is 12.2. The second-order valence-electron chi connectivity index (χ2n) is 5.57. The number of nitrogens with two attached hydrogens (primary N) is 1. The van der Waals surface area contributed by atoms with Crippen molar-refractivity contribution < 1.29 is 0 Å². The van der Waals surface area contributed by atoms with E-state index in [0.717, 1.165) is 16.9 Å². The van der Waals surface area contributed by atoms with E-state index in [1.807, 2.05) is 36.1 Å². The van der Waals surface area contributed by atoms with E-state index in [2.05, 4.69) is 28.4 Å². The predicted octanol–water partition coefficient (Wildman–Crippen LogP) is 2.73. The number of aromatic nitrogens is 4. The summed E-state index contributed by atoms with van der Waals surface area (Å²) in [5, 5.41) is 8.91. The molecule has 1 fully saturated rings. The summed E-state index contributed by atoms with van der Waals surface area (Å²) < 4.78 is 3.72. The van der Waals surface area contributed by atoms with Crippen molar-refractivity contribution >= 4 is 5.82 Å². The molecule has 1 aliphatic carbocycles. The van der Waals surface area contributed by atoms with E-state index in [9.17, 15) is 0 Å². The number of hydrogen-bond acceptors (Lipinski definition) is 3. The van der Waals surface area contributed by atoms with Gasteiger partial charge in [-0.05, 0) is 31.0 Å². The van der Waals surface area contributed by atoms with Crippen LogP contribution in [-0.2, 0) is 7.05 Å². The summed E-state index contributed by atoms with van der Waals surface area (Å²) in [5.74, 6) is 1.33. The fourth-order valence-electron chi connectivity index (χ4n) is 2.64. The molecule has 4 rings (SSSR count). The summed E-state index contributed by atoms with van der Waals surface area (Å²) in [5.41, 5.74) is 10.2. The number of nitrogen functional groups attached to an aromatic ring is 1. The number of anilines is 1. The normalized spacial score (nSPS) is 14.5. The van der Waals surface area contributed by atoms with Crippen LogP contribution < -0.4 is 5.73 Å². The Morgan fingerprint density at radius 1 is 1.19 bits per heavy atom. The molecule has 0 amide bonds. The standard InChI is InChI=1S/C16H17N5/c1-20-16(17)10-14(19-20)12-3-2-4-13(9-12)21-15(7-8-18-21)11-5-6-11/h2-4,7-11H,5-6,17H2,1H3. The molecular weight excluding hydrogens is 262 g/mol. The zero-order chi connectivity index (χ0) is 14.4. The third kappa shape index (κ3) is 2.11. The smallest absolute Gasteiger partial charge is 0.121 e. The van der Waals surface area contributed by atoms with Crippen LogP contribution in [0.3, 0.4) is 0 Å². The lowest BCUT2D eigenvalue weighted by molar-refractivity contribution is 0.782. The molecule has 5 nitrogen and oxygen atoms in total. The summed E-state index contributed by atoms with van der Waals surface area (Å²) in [4.78, 5) is 0. The van der Waals surface area contributed by atoms with E-state index >= 15 is 0 Å². The van der Waals surface area contributed by atoms with Crippen LogP contribution in [0.1, 0.15) is 24.5 Å². The first-order valence-corrected chi connectivity index (χ1v) is 7.16. The topological polar surface area (TPSA) is 61.7 Å². The Labute approximate surface area is 123 Å². The molecule has 0 aliphatic heterocycles. The van der Waals surface area contributed by atoms with Gasteiger partial charge in [0.1, 0.15) is 5.82 Å². The summed E-state index contributed by atoms with van der Waals surface area (Å²) in [7, 11) is 1.85. The molecule has 0 radical (unpaired) electrons. The minimum atomic E-state index is 0.660. The molecule has 21 heavy (non-hydrogen) atoms. The van der Waals surface area contributed by atoms with Crippen molar-refractivity contribution in [1.82, 2.24) is 19.6 Å². The van der Waals surface area contributed by atoms with Crippen LogP contribution in [0.5, 0.6) is 0 Å². The average Bonchev–Trinajstić information content (AvgIpc) is 3.13. The highest BCUT2D eigenvalue weighted by molar-refractivity contribution is 5.65. The van der Waals surface area contributed by atoms with Gasteiger partial charge in [-0.25, -0.2) is 4.68 Å². The molecule has 0 saturated heterocycles. The van der Waals surface area contributed by atoms with Crippen molar-refractivity contribution in [2.75, 3.05) is 5.73 Å². The van der Waals surface area contributed by atoms with E-state index in [0.29, 0.717) is 11.7 Å². The number of nitrogens with zero attached hydrogens (tertiary/aromatic N) is 4. The molecule has 1 aromatic carbocycles. The fraction of sp³-hybridized carbons (Fsp3) is 0.250. The highest BCUT2D eigenvalue weighted by atomic mass is 15.3. The van der Waals surface area contributed by atoms with Crippen molar-refractivity contribution in [2.45, 2.75) is 18.8 Å². The van der Waals surface area contributed by atoms with Crippen molar-refractivity contribution in [3.63, 3.8) is 0 Å². The largest absolute Gasteiger partial charge is 0.384 e. The lowest BCUT2D eigenvalue weighted by Gasteiger charge is -2.08. The third-order valence-electron chi connectivity index (χ3n) is 3.97. The van der Waals surface area contributed by atoms with Gasteiger partial charge >= 0.3 is 0 Å². The van der Waals surface area contributed by atoms with E-state index in [4.69, 9.17) is 5.73 Å². The van der Waals surface area contributed by atoms with Gasteiger partial charge in [0.25, 0.3) is 0 Å². The SMILES string of the molecule is Cn1nc(-c2cccc(-n3nccc3C3CC3)c2)cc1N. The van der Waals surface area contributed by atoms with Crippen molar-refractivity contribution in [3.05, 3.63) is 48.3 Å². The fourth-order valence-corrected chi connectivity index (χ4v) is 2.64. The minimum Gasteiger partial charge on any atom is -0.384 e. The van der Waals surface area contributed by atoms with Crippen LogP contribution in [0.4, 0.5) is 5.82 Å². The average molecular weight is 279 g/mol. The maximum atomic E-state index is 5.87. The quantitative estimate of drug-likeness (QED) is 0.802. The van der Waals surface area contributed by atoms with Gasteiger partial charge in [-0.15, -0.1) is 0 Å². The van der Waals surface area contributed by atoms with Crippen LogP contribution in [0.15, 0.2) is 42.6 Å². The van der Waals surface area contributed by atoms with Gasteiger partial charge in [-0.3, -0.25) is 4.68 Å². The Morgan fingerprint density at radius 2 is 2.05 bits per heavy atom. The minimum absolute atomic E-state index is 0.660. The molecule has 0 bridgehead atoms. The van der Waals surface area contributed by atoms with E-state index in [1.165, 1.54) is 18.5 Å². The molecule has 0 unspecified atom stereocenters. The van der Waals surface area contributed by atoms with Crippen molar-refractivity contribution in [2.24, 2.45) is 7.05 Å². The number of aryl methyl sites for hydroxylation is 1. The lowest BCUT2D eigenvalue weighted by Crippen LogP contribution is -2.01. The molecule has 0 spiro atoms. The van der Waals surface area contributed by atoms with Crippen LogP contribution in [0.25, 0.3) is 16.9 Å². The van der Waals surface area contributed by atoms with Gasteiger partial charge in [0, 0.05) is 36.5 Å². The Morgan fingerprint density at radius 3 is 2.76 bits per heavy atom. The maximum Gasteiger partial charge on any atom is 0.121 e. The highest BCUT2D eigenvalue weighted by Crippen LogP contribution is 2.40. The second kappa shape index (κ2) is 4.48. The van der Waals surface area contributed by atoms with Crippen LogP contribution in [-0.4, -0.2) is 19.6 Å². The Hall–Kier alpha value is -2.56. The van der Waals surface area contributed by atoms with Gasteiger partial charge in [0.05, 0.1) is 11.4 Å². The summed E-state index contributed by atoms with van der Waals surface area (Å²) in [6, 6.07) is 12.3. The number of hydrogen-bond donors (Lipinski definition) is 1. The van der Waals surface area contributed by atoms with Crippen LogP contribution >= 0.6 is 0 Å². The van der Waals surface area contributed by atoms with Gasteiger partial charge < -0.3 is 5.73 Å². The zero-order valence-electron chi connectivity index (χ0n) is 11.9. The molecule has 106 valence electrons. The molecule has 3 aromatic rings. The van der Waals surface area contributed by atoms with Gasteiger partial charge in [0.15, 0.2) is 0 Å². The summed E-state index contributed by atoms with van der Waals surface area (Å²) >= 11 is 0. The van der Waals surface area contributed by atoms with Crippen LogP contribution in [0, 0.1) is 0 Å². The molecule has 1 aliphatic rings. The van der Waals surface area contributed by atoms with Crippen molar-refractivity contribution in [3.8, 4) is 16.9 Å². The van der Waals surface area contributed by atoms with Crippen LogP contribution in [0.2, 0.25) is 0 Å². The molecule has 2 aromatic heterocycles. The lowest BCUT2D eigenvalue weighted by atomic mass is 10.1. The third-order valence-corrected chi connectivity index (χ3v) is 3.97. The molecule has 2 N–H and O–H groups in total. The van der Waals surface area contributed by atoms with Gasteiger partial charge in [-0.2, -0.15) is 10.2 Å². The molecular formula is C16H17N5. The van der Waals surface area contributed by atoms with Gasteiger partial charge in [0.2, 0.25) is 0 Å². The first-order valence-electron chi connectivity index (χ1n) is 7.16. The first-order chi connectivity index (χ1) is 10.2. The van der Waals surface area contributed by atoms with E-state index in [-0.39, 0.29) is 0 Å². The molecule has 5 heteroatoms. The summed E-state index contributed by atoms with van der Waals surface area (Å²) in [6.45, 7) is 0. The predicted molar refractivity (Wildman–Crippen MR) is 82.2 cm³/mol. The van der Waals surface area contributed by atoms with Gasteiger partial charge in [-0.1, -0.05) is 12.1 Å². The highest BCUT2D eigenvalue weighted by Gasteiger charge is 2.27. The molecule has 2 heterocycles.